The van der Waals surface area contributed by atoms with E-state index >= 15 is 0 Å². The molecule has 0 aliphatic heterocycles. The molecule has 1 aromatic carbocycles. The molecule has 5 nitrogen and oxygen atoms in total. The lowest BCUT2D eigenvalue weighted by Gasteiger charge is -2.82. The van der Waals surface area contributed by atoms with Crippen molar-refractivity contribution < 1.29 is 14.0 Å². The third-order valence-corrected chi connectivity index (χ3v) is 8.56. The molecule has 0 saturated heterocycles. The number of amides is 2. The van der Waals surface area contributed by atoms with Gasteiger partial charge < -0.3 is 10.6 Å². The maximum atomic E-state index is 13.6. The van der Waals surface area contributed by atoms with Crippen LogP contribution in [0.2, 0.25) is 15.2 Å². The zero-order valence-electron chi connectivity index (χ0n) is 17.1. The largest absolute Gasteiger partial charge is 0.346 e. The van der Waals surface area contributed by atoms with Gasteiger partial charge in [-0.3, -0.25) is 9.59 Å². The second-order valence-corrected chi connectivity index (χ2v) is 9.74. The van der Waals surface area contributed by atoms with Gasteiger partial charge in [0.25, 0.3) is 5.91 Å². The van der Waals surface area contributed by atoms with E-state index in [-0.39, 0.29) is 51.4 Å². The number of pyridine rings is 1. The summed E-state index contributed by atoms with van der Waals surface area (Å²) in [7, 11) is 0. The number of anilines is 1. The topological polar surface area (TPSA) is 71.1 Å². The molecular weight excluding hydrogens is 464 g/mol. The van der Waals surface area contributed by atoms with Crippen molar-refractivity contribution in [2.45, 2.75) is 32.7 Å². The first-order valence-corrected chi connectivity index (χ1v) is 11.1. The van der Waals surface area contributed by atoms with Crippen molar-refractivity contribution in [2.24, 2.45) is 23.2 Å². The van der Waals surface area contributed by atoms with E-state index in [4.69, 9.17) is 34.8 Å². The summed E-state index contributed by atoms with van der Waals surface area (Å²) in [5.74, 6) is -1.26. The highest BCUT2D eigenvalue weighted by Gasteiger charge is 2.81. The number of hydrogen-bond acceptors (Lipinski definition) is 3. The third kappa shape index (κ3) is 3.22. The second kappa shape index (κ2) is 7.61. The molecule has 0 spiro atoms. The first-order chi connectivity index (χ1) is 14.5. The molecular formula is C22H21Cl3FN3O2. The molecule has 1 aromatic heterocycles. The Morgan fingerprint density at radius 3 is 2.42 bits per heavy atom. The van der Waals surface area contributed by atoms with E-state index in [0.717, 1.165) is 6.07 Å². The smallest absolute Gasteiger partial charge is 0.251 e. The van der Waals surface area contributed by atoms with E-state index in [2.05, 4.69) is 15.6 Å². The first-order valence-electron chi connectivity index (χ1n) is 9.92. The summed E-state index contributed by atoms with van der Waals surface area (Å²) in [5, 5.41) is 6.35. The molecule has 0 unspecified atom stereocenters. The van der Waals surface area contributed by atoms with Crippen LogP contribution in [0, 0.1) is 29.0 Å². The minimum atomic E-state index is -0.691. The molecule has 0 radical (unpaired) electrons. The summed E-state index contributed by atoms with van der Waals surface area (Å²) in [6, 6.07) is 5.92. The number of aromatic nitrogens is 1. The van der Waals surface area contributed by atoms with E-state index in [1.54, 1.807) is 18.2 Å². The van der Waals surface area contributed by atoms with Crippen LogP contribution in [0.3, 0.4) is 0 Å². The molecule has 3 aliphatic carbocycles. The quantitative estimate of drug-likeness (QED) is 0.543. The number of hydrogen-bond donors (Lipinski definition) is 2. The number of halogens is 4. The van der Waals surface area contributed by atoms with E-state index in [9.17, 15) is 14.0 Å². The van der Waals surface area contributed by atoms with E-state index < -0.39 is 5.82 Å². The van der Waals surface area contributed by atoms with Crippen molar-refractivity contribution in [2.75, 3.05) is 5.32 Å². The van der Waals surface area contributed by atoms with Gasteiger partial charge in [0.05, 0.1) is 21.9 Å². The molecule has 31 heavy (non-hydrogen) atoms. The molecule has 3 aliphatic rings. The van der Waals surface area contributed by atoms with Gasteiger partial charge in [-0.1, -0.05) is 55.6 Å². The van der Waals surface area contributed by atoms with Crippen LogP contribution in [0.5, 0.6) is 0 Å². The molecule has 2 aromatic rings. The Hall–Kier alpha value is -1.89. The first kappa shape index (κ1) is 22.3. The summed E-state index contributed by atoms with van der Waals surface area (Å²) >= 11 is 17.6. The Morgan fingerprint density at radius 1 is 1.16 bits per heavy atom. The second-order valence-electron chi connectivity index (χ2n) is 8.56. The van der Waals surface area contributed by atoms with Gasteiger partial charge in [-0.25, -0.2) is 9.37 Å². The minimum absolute atomic E-state index is 0.0996. The van der Waals surface area contributed by atoms with Gasteiger partial charge >= 0.3 is 0 Å². The SMILES string of the molecule is C[C@@H](C(=O)Nc1cnc(Cl)c(F)c1)C12CC(NC(=O)c3ccc(Cl)c(Cl)c3)([C@@H]1C)[C@@H]2C. The van der Waals surface area contributed by atoms with Crippen molar-refractivity contribution in [3.8, 4) is 0 Å². The molecule has 1 heterocycles. The molecule has 2 N–H and O–H groups in total. The van der Waals surface area contributed by atoms with Crippen LogP contribution in [0.25, 0.3) is 0 Å². The Morgan fingerprint density at radius 2 is 1.84 bits per heavy atom. The summed E-state index contributed by atoms with van der Waals surface area (Å²) in [6.07, 6.45) is 2.01. The van der Waals surface area contributed by atoms with Crippen molar-refractivity contribution in [1.29, 1.82) is 0 Å². The van der Waals surface area contributed by atoms with Gasteiger partial charge in [-0.05, 0) is 41.9 Å². The van der Waals surface area contributed by atoms with Crippen LogP contribution in [0.15, 0.2) is 30.5 Å². The van der Waals surface area contributed by atoms with Crippen molar-refractivity contribution in [3.05, 3.63) is 57.0 Å². The molecule has 3 fully saturated rings. The van der Waals surface area contributed by atoms with E-state index in [0.29, 0.717) is 22.0 Å². The van der Waals surface area contributed by atoms with Crippen LogP contribution >= 0.6 is 34.8 Å². The van der Waals surface area contributed by atoms with Crippen LogP contribution in [0.4, 0.5) is 10.1 Å². The predicted molar refractivity (Wildman–Crippen MR) is 119 cm³/mol. The highest BCUT2D eigenvalue weighted by atomic mass is 35.5. The average Bonchev–Trinajstić information content (AvgIpc) is 2.74. The van der Waals surface area contributed by atoms with Gasteiger partial charge in [-0.15, -0.1) is 0 Å². The molecule has 2 amide bonds. The Bertz CT molecular complexity index is 1080. The predicted octanol–water partition coefficient (Wildman–Crippen LogP) is 5.60. The number of nitrogens with zero attached hydrogens (tertiary/aromatic N) is 1. The standard InChI is InChI=1S/C22H21Cl3FN3O2/c1-10(19(30)28-14-7-17(26)18(25)27-8-14)21-9-22(11(21)2,12(21)3)29-20(31)13-4-5-15(23)16(24)6-13/h4-8,10-12H,9H2,1-3H3,(H,28,30)(H,29,31)/t10-,11+,12+,21?,22?/m0/s1. The van der Waals surface area contributed by atoms with Gasteiger partial charge in [0.1, 0.15) is 0 Å². The molecule has 2 bridgehead atoms. The van der Waals surface area contributed by atoms with Gasteiger partial charge in [-0.2, -0.15) is 0 Å². The van der Waals surface area contributed by atoms with Crippen molar-refractivity contribution in [3.63, 3.8) is 0 Å². The highest BCUT2D eigenvalue weighted by molar-refractivity contribution is 6.42. The number of carbonyl (C=O) groups is 2. The highest BCUT2D eigenvalue weighted by Crippen LogP contribution is 2.77. The number of rotatable bonds is 5. The van der Waals surface area contributed by atoms with Gasteiger partial charge in [0.15, 0.2) is 11.0 Å². The zero-order valence-corrected chi connectivity index (χ0v) is 19.4. The summed E-state index contributed by atoms with van der Waals surface area (Å²) < 4.78 is 13.6. The van der Waals surface area contributed by atoms with E-state index in [1.165, 1.54) is 6.20 Å². The fourth-order valence-corrected chi connectivity index (χ4v) is 5.94. The van der Waals surface area contributed by atoms with Gasteiger partial charge in [0, 0.05) is 23.1 Å². The van der Waals surface area contributed by atoms with Crippen LogP contribution < -0.4 is 10.6 Å². The zero-order chi connectivity index (χ0) is 22.7. The maximum Gasteiger partial charge on any atom is 0.251 e. The molecule has 9 heteroatoms. The average molecular weight is 485 g/mol. The Balaban J connectivity index is 1.45. The van der Waals surface area contributed by atoms with E-state index in [1.807, 2.05) is 20.8 Å². The maximum absolute atomic E-state index is 13.6. The normalized spacial score (nSPS) is 29.4. The number of nitrogens with one attached hydrogen (secondary N) is 2. The Kier molecular flexibility index (Phi) is 5.48. The van der Waals surface area contributed by atoms with Gasteiger partial charge in [0.2, 0.25) is 5.91 Å². The number of benzene rings is 1. The fourth-order valence-electron chi connectivity index (χ4n) is 5.54. The summed E-state index contributed by atoms with van der Waals surface area (Å²) in [6.45, 7) is 5.96. The van der Waals surface area contributed by atoms with Crippen molar-refractivity contribution in [1.82, 2.24) is 10.3 Å². The molecule has 3 saturated carbocycles. The molecule has 5 rings (SSSR count). The lowest BCUT2D eigenvalue weighted by atomic mass is 9.25. The van der Waals surface area contributed by atoms with Crippen LogP contribution in [-0.4, -0.2) is 22.3 Å². The fraction of sp³-hybridized carbons (Fsp3) is 0.409. The summed E-state index contributed by atoms with van der Waals surface area (Å²) in [4.78, 5) is 29.4. The monoisotopic (exact) mass is 483 g/mol. The lowest BCUT2D eigenvalue weighted by molar-refractivity contribution is -0.295. The minimum Gasteiger partial charge on any atom is -0.346 e. The van der Waals surface area contributed by atoms with Crippen LogP contribution in [-0.2, 0) is 4.79 Å². The van der Waals surface area contributed by atoms with Crippen molar-refractivity contribution >= 4 is 52.3 Å². The van der Waals surface area contributed by atoms with Crippen LogP contribution in [0.1, 0.15) is 37.6 Å². The lowest BCUT2D eigenvalue weighted by Crippen LogP contribution is -2.88. The molecule has 3 atom stereocenters. The third-order valence-electron chi connectivity index (χ3n) is 7.55. The Labute approximate surface area is 194 Å². The molecule has 164 valence electrons. The summed E-state index contributed by atoms with van der Waals surface area (Å²) in [5.41, 5.74) is 0.0860. The number of carbonyl (C=O) groups excluding carboxylic acids is 2.